The Morgan fingerprint density at radius 3 is 2.35 bits per heavy atom. The molecule has 1 aromatic carbocycles. The number of benzene rings is 1. The fraction of sp³-hybridized carbons (Fsp3) is 0.533. The second-order valence-corrected chi connectivity index (χ2v) is 4.95. The van der Waals surface area contributed by atoms with Crippen molar-refractivity contribution in [3.63, 3.8) is 0 Å². The molecule has 94 valence electrons. The van der Waals surface area contributed by atoms with Gasteiger partial charge >= 0.3 is 0 Å². The number of aryl methyl sites for hydroxylation is 1. The molecular formula is C15H23NS. The second kappa shape index (κ2) is 7.44. The zero-order valence-electron chi connectivity index (χ0n) is 11.0. The van der Waals surface area contributed by atoms with E-state index in [0.717, 1.165) is 18.4 Å². The van der Waals surface area contributed by atoms with Crippen LogP contribution in [0.25, 0.3) is 0 Å². The highest BCUT2D eigenvalue weighted by atomic mass is 32.1. The van der Waals surface area contributed by atoms with Crippen LogP contribution >= 0.6 is 12.2 Å². The van der Waals surface area contributed by atoms with Gasteiger partial charge in [0.25, 0.3) is 0 Å². The molecule has 0 saturated heterocycles. The molecule has 0 bridgehead atoms. The minimum absolute atomic E-state index is 0.537. The maximum absolute atomic E-state index is 5.82. The van der Waals surface area contributed by atoms with Gasteiger partial charge < -0.3 is 5.73 Å². The van der Waals surface area contributed by atoms with E-state index in [0.29, 0.717) is 4.99 Å². The molecule has 0 amide bonds. The Bertz CT molecular complexity index is 371. The van der Waals surface area contributed by atoms with Crippen LogP contribution in [0.15, 0.2) is 18.2 Å². The van der Waals surface area contributed by atoms with E-state index in [2.05, 4.69) is 32.0 Å². The van der Waals surface area contributed by atoms with Crippen LogP contribution in [0, 0.1) is 0 Å². The van der Waals surface area contributed by atoms with Gasteiger partial charge in [0.15, 0.2) is 0 Å². The summed E-state index contributed by atoms with van der Waals surface area (Å²) in [7, 11) is 0. The average molecular weight is 249 g/mol. The third-order valence-electron chi connectivity index (χ3n) is 3.12. The zero-order chi connectivity index (χ0) is 12.7. The number of nitrogens with two attached hydrogens (primary N) is 1. The van der Waals surface area contributed by atoms with Crippen LogP contribution in [0.2, 0.25) is 0 Å². The summed E-state index contributed by atoms with van der Waals surface area (Å²) in [4.78, 5) is 0.537. The fourth-order valence-electron chi connectivity index (χ4n) is 2.12. The smallest absolute Gasteiger partial charge is 0.104 e. The molecule has 0 aliphatic carbocycles. The molecule has 0 aliphatic heterocycles. The molecule has 2 heteroatoms. The summed E-state index contributed by atoms with van der Waals surface area (Å²) in [6.45, 7) is 4.44. The third kappa shape index (κ3) is 4.12. The number of hydrogen-bond donors (Lipinski definition) is 1. The van der Waals surface area contributed by atoms with Crippen molar-refractivity contribution < 1.29 is 0 Å². The standard InChI is InChI=1S/C15H23NS/c1-3-5-8-12-9-7-11-14(15(16)17)13(12)10-6-4-2/h7,9,11H,3-6,8,10H2,1-2H3,(H2,16,17). The fourth-order valence-corrected chi connectivity index (χ4v) is 2.31. The summed E-state index contributed by atoms with van der Waals surface area (Å²) in [5, 5.41) is 0. The highest BCUT2D eigenvalue weighted by Gasteiger charge is 2.09. The van der Waals surface area contributed by atoms with Gasteiger partial charge in [-0.05, 0) is 36.8 Å². The Balaban J connectivity index is 3.00. The molecule has 0 aromatic heterocycles. The van der Waals surface area contributed by atoms with E-state index in [1.54, 1.807) is 0 Å². The van der Waals surface area contributed by atoms with Crippen molar-refractivity contribution in [2.24, 2.45) is 5.73 Å². The van der Waals surface area contributed by atoms with E-state index in [9.17, 15) is 0 Å². The summed E-state index contributed by atoms with van der Waals surface area (Å²) >= 11 is 5.15. The maximum Gasteiger partial charge on any atom is 0.104 e. The molecule has 1 rings (SSSR count). The average Bonchev–Trinajstić information content (AvgIpc) is 2.33. The monoisotopic (exact) mass is 249 g/mol. The van der Waals surface area contributed by atoms with Gasteiger partial charge in [-0.15, -0.1) is 0 Å². The summed E-state index contributed by atoms with van der Waals surface area (Å²) in [6.07, 6.45) is 7.12. The van der Waals surface area contributed by atoms with Crippen molar-refractivity contribution in [1.29, 1.82) is 0 Å². The highest BCUT2D eigenvalue weighted by molar-refractivity contribution is 7.80. The Labute approximate surface area is 110 Å². The van der Waals surface area contributed by atoms with E-state index in [1.807, 2.05) is 0 Å². The molecule has 0 unspecified atom stereocenters. The Morgan fingerprint density at radius 2 is 1.76 bits per heavy atom. The number of thiocarbonyl (C=S) groups is 1. The normalized spacial score (nSPS) is 10.5. The van der Waals surface area contributed by atoms with Gasteiger partial charge in [-0.1, -0.05) is 57.1 Å². The van der Waals surface area contributed by atoms with Crippen LogP contribution in [0.1, 0.15) is 56.2 Å². The zero-order valence-corrected chi connectivity index (χ0v) is 11.8. The second-order valence-electron chi connectivity index (χ2n) is 4.51. The van der Waals surface area contributed by atoms with E-state index in [1.165, 1.54) is 36.8 Å². The predicted octanol–water partition coefficient (Wildman–Crippen LogP) is 4.01. The van der Waals surface area contributed by atoms with Gasteiger partial charge in [0.1, 0.15) is 4.99 Å². The van der Waals surface area contributed by atoms with Gasteiger partial charge in [-0.25, -0.2) is 0 Å². The highest BCUT2D eigenvalue weighted by Crippen LogP contribution is 2.20. The van der Waals surface area contributed by atoms with E-state index in [-0.39, 0.29) is 0 Å². The Morgan fingerprint density at radius 1 is 1.12 bits per heavy atom. The first-order valence-corrected chi connectivity index (χ1v) is 7.02. The first-order valence-electron chi connectivity index (χ1n) is 6.61. The predicted molar refractivity (Wildman–Crippen MR) is 79.6 cm³/mol. The van der Waals surface area contributed by atoms with Crippen LogP contribution < -0.4 is 5.73 Å². The molecule has 0 spiro atoms. The minimum Gasteiger partial charge on any atom is -0.389 e. The van der Waals surface area contributed by atoms with Crippen LogP contribution in [0.4, 0.5) is 0 Å². The molecule has 1 aromatic rings. The van der Waals surface area contributed by atoms with Crippen molar-refractivity contribution in [1.82, 2.24) is 0 Å². The summed E-state index contributed by atoms with van der Waals surface area (Å²) in [6, 6.07) is 6.36. The van der Waals surface area contributed by atoms with Crippen molar-refractivity contribution in [2.75, 3.05) is 0 Å². The van der Waals surface area contributed by atoms with Crippen LogP contribution in [-0.2, 0) is 12.8 Å². The van der Waals surface area contributed by atoms with Crippen molar-refractivity contribution in [2.45, 2.75) is 52.4 Å². The van der Waals surface area contributed by atoms with Crippen LogP contribution in [-0.4, -0.2) is 4.99 Å². The Hall–Kier alpha value is -0.890. The van der Waals surface area contributed by atoms with Crippen LogP contribution in [0.3, 0.4) is 0 Å². The van der Waals surface area contributed by atoms with Gasteiger partial charge in [0.05, 0.1) is 0 Å². The Kier molecular flexibility index (Phi) is 6.20. The lowest BCUT2D eigenvalue weighted by atomic mass is 9.93. The number of unbranched alkanes of at least 4 members (excludes halogenated alkanes) is 2. The summed E-state index contributed by atoms with van der Waals surface area (Å²) < 4.78 is 0. The summed E-state index contributed by atoms with van der Waals surface area (Å²) in [5.74, 6) is 0. The SMILES string of the molecule is CCCCc1cccc(C(N)=S)c1CCCC. The summed E-state index contributed by atoms with van der Waals surface area (Å²) in [5.41, 5.74) is 9.72. The maximum atomic E-state index is 5.82. The number of rotatable bonds is 7. The van der Waals surface area contributed by atoms with Crippen LogP contribution in [0.5, 0.6) is 0 Å². The first kappa shape index (κ1) is 14.2. The number of hydrogen-bond acceptors (Lipinski definition) is 1. The molecule has 0 fully saturated rings. The van der Waals surface area contributed by atoms with Crippen molar-refractivity contribution in [3.05, 3.63) is 34.9 Å². The van der Waals surface area contributed by atoms with E-state index < -0.39 is 0 Å². The minimum atomic E-state index is 0.537. The largest absolute Gasteiger partial charge is 0.389 e. The van der Waals surface area contributed by atoms with Crippen molar-refractivity contribution >= 4 is 17.2 Å². The molecule has 0 saturated carbocycles. The molecular weight excluding hydrogens is 226 g/mol. The van der Waals surface area contributed by atoms with Gasteiger partial charge in [0.2, 0.25) is 0 Å². The van der Waals surface area contributed by atoms with E-state index >= 15 is 0 Å². The topological polar surface area (TPSA) is 26.0 Å². The van der Waals surface area contributed by atoms with E-state index in [4.69, 9.17) is 18.0 Å². The van der Waals surface area contributed by atoms with Gasteiger partial charge in [-0.3, -0.25) is 0 Å². The quantitative estimate of drug-likeness (QED) is 0.739. The van der Waals surface area contributed by atoms with Gasteiger partial charge in [-0.2, -0.15) is 0 Å². The molecule has 0 aliphatic rings. The molecule has 0 atom stereocenters. The lowest BCUT2D eigenvalue weighted by Crippen LogP contribution is -2.14. The molecule has 0 heterocycles. The lowest BCUT2D eigenvalue weighted by molar-refractivity contribution is 0.757. The third-order valence-corrected chi connectivity index (χ3v) is 3.34. The first-order chi connectivity index (χ1) is 8.20. The molecule has 0 radical (unpaired) electrons. The molecule has 2 N–H and O–H groups in total. The van der Waals surface area contributed by atoms with Crippen molar-refractivity contribution in [3.8, 4) is 0 Å². The molecule has 1 nitrogen and oxygen atoms in total. The van der Waals surface area contributed by atoms with Gasteiger partial charge in [0, 0.05) is 5.56 Å². The lowest BCUT2D eigenvalue weighted by Gasteiger charge is -2.13. The molecule has 17 heavy (non-hydrogen) atoms.